The molecule has 0 saturated carbocycles. The van der Waals surface area contributed by atoms with Gasteiger partial charge >= 0.3 is 0 Å². The Labute approximate surface area is 278 Å². The Bertz CT molecular complexity index is 1750. The Morgan fingerprint density at radius 3 is 2.00 bits per heavy atom. The molecule has 0 spiro atoms. The maximum Gasteiger partial charge on any atom is 0.264 e. The largest absolute Gasteiger partial charge is 0.497 e. The second kappa shape index (κ2) is 15.2. The molecule has 4 aromatic carbocycles. The molecule has 0 radical (unpaired) electrons. The second-order valence-electron chi connectivity index (χ2n) is 12.3. The van der Waals surface area contributed by atoms with Crippen LogP contribution in [-0.4, -0.2) is 57.5 Å². The van der Waals surface area contributed by atoms with Crippen LogP contribution in [0.5, 0.6) is 11.5 Å². The summed E-state index contributed by atoms with van der Waals surface area (Å²) in [6.45, 7) is 7.01. The molecule has 1 unspecified atom stereocenters. The Morgan fingerprint density at radius 2 is 1.40 bits per heavy atom. The smallest absolute Gasteiger partial charge is 0.264 e. The molecule has 9 nitrogen and oxygen atoms in total. The first-order chi connectivity index (χ1) is 22.3. The van der Waals surface area contributed by atoms with Gasteiger partial charge in [0.1, 0.15) is 24.1 Å². The Morgan fingerprint density at radius 1 is 0.787 bits per heavy atom. The maximum atomic E-state index is 14.6. The van der Waals surface area contributed by atoms with E-state index < -0.39 is 34.1 Å². The van der Waals surface area contributed by atoms with Crippen molar-refractivity contribution in [3.63, 3.8) is 0 Å². The topological polar surface area (TPSA) is 105 Å². The number of nitrogens with one attached hydrogen (secondary N) is 1. The number of anilines is 1. The fourth-order valence-electron chi connectivity index (χ4n) is 5.09. The lowest BCUT2D eigenvalue weighted by Crippen LogP contribution is -2.56. The molecule has 0 heterocycles. The van der Waals surface area contributed by atoms with Crippen molar-refractivity contribution in [1.82, 2.24) is 10.2 Å². The standard InChI is InChI=1S/C37H43N3O6S/c1-27-15-17-30(18-16-27)40(47(43,44)33-21-19-31(45-5)20-22-33)26-35(41)39(25-29-13-10-14-32(23-29)46-6)34(36(42)38-37(2,3)4)24-28-11-8-7-9-12-28/h7-23,34H,24-26H2,1-6H3,(H,38,42). The van der Waals surface area contributed by atoms with Gasteiger partial charge in [0.25, 0.3) is 10.0 Å². The first-order valence-corrected chi connectivity index (χ1v) is 16.8. The molecule has 47 heavy (non-hydrogen) atoms. The average molecular weight is 658 g/mol. The van der Waals surface area contributed by atoms with Crippen LogP contribution in [0.3, 0.4) is 0 Å². The van der Waals surface area contributed by atoms with Gasteiger partial charge in [-0.3, -0.25) is 13.9 Å². The predicted octanol–water partition coefficient (Wildman–Crippen LogP) is 5.76. The minimum absolute atomic E-state index is 0.00247. The van der Waals surface area contributed by atoms with Gasteiger partial charge in [0.05, 0.1) is 24.8 Å². The van der Waals surface area contributed by atoms with Gasteiger partial charge in [0.15, 0.2) is 0 Å². The number of carbonyl (C=O) groups is 2. The number of hydrogen-bond acceptors (Lipinski definition) is 6. The molecular weight excluding hydrogens is 614 g/mol. The summed E-state index contributed by atoms with van der Waals surface area (Å²) in [6.07, 6.45) is 0.216. The molecule has 10 heteroatoms. The third kappa shape index (κ3) is 9.36. The Balaban J connectivity index is 1.82. The van der Waals surface area contributed by atoms with E-state index in [0.717, 1.165) is 21.0 Å². The molecule has 0 aliphatic carbocycles. The van der Waals surface area contributed by atoms with Crippen molar-refractivity contribution in [1.29, 1.82) is 0 Å². The van der Waals surface area contributed by atoms with Gasteiger partial charge in [0.2, 0.25) is 11.8 Å². The SMILES string of the molecule is COc1ccc(S(=O)(=O)N(CC(=O)N(Cc2cccc(OC)c2)C(Cc2ccccc2)C(=O)NC(C)(C)C)c2ccc(C)cc2)cc1. The summed E-state index contributed by atoms with van der Waals surface area (Å²) >= 11 is 0. The lowest BCUT2D eigenvalue weighted by Gasteiger charge is -2.35. The van der Waals surface area contributed by atoms with Crippen molar-refractivity contribution in [3.8, 4) is 11.5 Å². The van der Waals surface area contributed by atoms with Crippen LogP contribution in [0.15, 0.2) is 108 Å². The minimum atomic E-state index is -4.23. The highest BCUT2D eigenvalue weighted by atomic mass is 32.2. The van der Waals surface area contributed by atoms with E-state index in [1.807, 2.05) is 70.2 Å². The van der Waals surface area contributed by atoms with Gasteiger partial charge in [-0.2, -0.15) is 0 Å². The number of sulfonamides is 1. The first kappa shape index (κ1) is 35.0. The van der Waals surface area contributed by atoms with E-state index in [4.69, 9.17) is 9.47 Å². The number of amides is 2. The van der Waals surface area contributed by atoms with Gasteiger partial charge < -0.3 is 19.7 Å². The molecule has 4 aromatic rings. The summed E-state index contributed by atoms with van der Waals surface area (Å²) in [7, 11) is -1.17. The lowest BCUT2D eigenvalue weighted by atomic mass is 10.0. The molecule has 0 fully saturated rings. The van der Waals surface area contributed by atoms with Gasteiger partial charge in [-0.15, -0.1) is 0 Å². The van der Waals surface area contributed by atoms with Crippen molar-refractivity contribution in [2.75, 3.05) is 25.1 Å². The molecule has 4 rings (SSSR count). The minimum Gasteiger partial charge on any atom is -0.497 e. The predicted molar refractivity (Wildman–Crippen MR) is 184 cm³/mol. The van der Waals surface area contributed by atoms with Crippen LogP contribution in [0, 0.1) is 6.92 Å². The van der Waals surface area contributed by atoms with E-state index in [0.29, 0.717) is 17.2 Å². The number of aryl methyl sites for hydroxylation is 1. The van der Waals surface area contributed by atoms with Crippen LogP contribution in [-0.2, 0) is 32.6 Å². The zero-order valence-corrected chi connectivity index (χ0v) is 28.6. The van der Waals surface area contributed by atoms with E-state index in [9.17, 15) is 18.0 Å². The number of rotatable bonds is 13. The summed E-state index contributed by atoms with van der Waals surface area (Å²) in [5.74, 6) is 0.199. The quantitative estimate of drug-likeness (QED) is 0.196. The van der Waals surface area contributed by atoms with E-state index in [1.165, 1.54) is 24.1 Å². The highest BCUT2D eigenvalue weighted by Gasteiger charge is 2.35. The van der Waals surface area contributed by atoms with Crippen molar-refractivity contribution in [2.24, 2.45) is 0 Å². The number of carbonyl (C=O) groups excluding carboxylic acids is 2. The molecule has 0 aromatic heterocycles. The molecule has 0 bridgehead atoms. The summed E-state index contributed by atoms with van der Waals surface area (Å²) in [5.41, 5.74) is 2.25. The normalized spacial score (nSPS) is 12.1. The molecular formula is C37H43N3O6S. The molecule has 0 saturated heterocycles. The highest BCUT2D eigenvalue weighted by molar-refractivity contribution is 7.92. The summed E-state index contributed by atoms with van der Waals surface area (Å²) in [4.78, 5) is 30.1. The Hall–Kier alpha value is -4.83. The fraction of sp³-hybridized carbons (Fsp3) is 0.297. The number of nitrogens with zero attached hydrogens (tertiary/aromatic N) is 2. The van der Waals surface area contributed by atoms with Crippen LogP contribution >= 0.6 is 0 Å². The fourth-order valence-corrected chi connectivity index (χ4v) is 6.50. The van der Waals surface area contributed by atoms with Crippen molar-refractivity contribution in [3.05, 3.63) is 120 Å². The summed E-state index contributed by atoms with van der Waals surface area (Å²) in [6, 6.07) is 28.7. The van der Waals surface area contributed by atoms with Crippen LogP contribution < -0.4 is 19.1 Å². The second-order valence-corrected chi connectivity index (χ2v) is 14.2. The molecule has 2 amide bonds. The molecule has 248 valence electrons. The Kier molecular flexibility index (Phi) is 11.3. The van der Waals surface area contributed by atoms with Crippen molar-refractivity contribution >= 4 is 27.5 Å². The first-order valence-electron chi connectivity index (χ1n) is 15.3. The van der Waals surface area contributed by atoms with Gasteiger partial charge in [-0.25, -0.2) is 8.42 Å². The lowest BCUT2D eigenvalue weighted by molar-refractivity contribution is -0.140. The highest BCUT2D eigenvalue weighted by Crippen LogP contribution is 2.27. The van der Waals surface area contributed by atoms with E-state index in [2.05, 4.69) is 5.32 Å². The molecule has 1 N–H and O–H groups in total. The molecule has 0 aliphatic heterocycles. The number of hydrogen-bond donors (Lipinski definition) is 1. The van der Waals surface area contributed by atoms with Crippen molar-refractivity contribution < 1.29 is 27.5 Å². The van der Waals surface area contributed by atoms with Crippen LogP contribution in [0.25, 0.3) is 0 Å². The number of benzene rings is 4. The van der Waals surface area contributed by atoms with Gasteiger partial charge in [-0.05, 0) is 87.4 Å². The van der Waals surface area contributed by atoms with Crippen LogP contribution in [0.2, 0.25) is 0 Å². The summed E-state index contributed by atoms with van der Waals surface area (Å²) in [5, 5.41) is 3.04. The third-order valence-electron chi connectivity index (χ3n) is 7.50. The number of methoxy groups -OCH3 is 2. The molecule has 1 atom stereocenters. The zero-order valence-electron chi connectivity index (χ0n) is 27.8. The van der Waals surface area contributed by atoms with Gasteiger partial charge in [-0.1, -0.05) is 60.2 Å². The van der Waals surface area contributed by atoms with Crippen molar-refractivity contribution in [2.45, 2.75) is 57.1 Å². The van der Waals surface area contributed by atoms with E-state index in [-0.39, 0.29) is 23.8 Å². The average Bonchev–Trinajstić information content (AvgIpc) is 3.05. The molecule has 0 aliphatic rings. The van der Waals surface area contributed by atoms with Crippen LogP contribution in [0.4, 0.5) is 5.69 Å². The van der Waals surface area contributed by atoms with Crippen LogP contribution in [0.1, 0.15) is 37.5 Å². The van der Waals surface area contributed by atoms with Gasteiger partial charge in [0, 0.05) is 18.5 Å². The monoisotopic (exact) mass is 657 g/mol. The van der Waals surface area contributed by atoms with E-state index in [1.54, 1.807) is 55.6 Å². The number of ether oxygens (including phenoxy) is 2. The third-order valence-corrected chi connectivity index (χ3v) is 9.29. The zero-order chi connectivity index (χ0) is 34.2. The maximum absolute atomic E-state index is 14.6. The van der Waals surface area contributed by atoms with E-state index >= 15 is 0 Å². The summed E-state index contributed by atoms with van der Waals surface area (Å²) < 4.78 is 40.2.